The fraction of sp³-hybridized carbons (Fsp3) is 0.750. The normalized spacial score (nSPS) is 18.1. The summed E-state index contributed by atoms with van der Waals surface area (Å²) in [5.74, 6) is -2.60. The standard InChI is InChI=1S/C4H7FO2/c1-2-4(5,7)3-6/h3,7H,2H2,1H3. The van der Waals surface area contributed by atoms with Gasteiger partial charge in [0.25, 0.3) is 5.85 Å². The molecule has 0 amide bonds. The van der Waals surface area contributed by atoms with Crippen LogP contribution in [-0.4, -0.2) is 17.2 Å². The van der Waals surface area contributed by atoms with Crippen molar-refractivity contribution in [2.24, 2.45) is 0 Å². The van der Waals surface area contributed by atoms with Crippen LogP contribution in [0.2, 0.25) is 0 Å². The number of carbonyl (C=O) groups excluding carboxylic acids is 1. The van der Waals surface area contributed by atoms with Crippen molar-refractivity contribution in [3.63, 3.8) is 0 Å². The van der Waals surface area contributed by atoms with Crippen molar-refractivity contribution in [2.75, 3.05) is 0 Å². The maximum Gasteiger partial charge on any atom is 0.262 e. The second-order valence-corrected chi connectivity index (χ2v) is 1.29. The zero-order valence-electron chi connectivity index (χ0n) is 4.02. The molecule has 0 aromatic heterocycles. The number of alkyl halides is 1. The quantitative estimate of drug-likeness (QED) is 0.512. The van der Waals surface area contributed by atoms with Gasteiger partial charge < -0.3 is 5.11 Å². The Kier molecular flexibility index (Phi) is 1.90. The van der Waals surface area contributed by atoms with Crippen molar-refractivity contribution in [3.05, 3.63) is 0 Å². The minimum absolute atomic E-state index is 0.118. The summed E-state index contributed by atoms with van der Waals surface area (Å²) in [6.07, 6.45) is -0.302. The predicted octanol–water partition coefficient (Wildman–Crippen LogP) is 0.253. The number of aldehydes is 1. The molecule has 0 heterocycles. The predicted molar refractivity (Wildman–Crippen MR) is 22.4 cm³/mol. The highest BCUT2D eigenvalue weighted by molar-refractivity contribution is 5.58. The molecule has 0 bridgehead atoms. The molecule has 0 aromatic carbocycles. The number of rotatable bonds is 2. The number of carbonyl (C=O) groups is 1. The Labute approximate surface area is 41.0 Å². The van der Waals surface area contributed by atoms with E-state index in [-0.39, 0.29) is 12.7 Å². The molecule has 0 saturated carbocycles. The number of hydrogen-bond acceptors (Lipinski definition) is 2. The third-order valence-corrected chi connectivity index (χ3v) is 0.676. The van der Waals surface area contributed by atoms with Crippen molar-refractivity contribution >= 4 is 6.29 Å². The molecule has 42 valence electrons. The molecule has 0 aliphatic rings. The minimum Gasteiger partial charge on any atom is -0.356 e. The van der Waals surface area contributed by atoms with E-state index in [4.69, 9.17) is 5.11 Å². The summed E-state index contributed by atoms with van der Waals surface area (Å²) in [5, 5.41) is 8.10. The average Bonchev–Trinajstić information content (AvgIpc) is 1.68. The molecule has 0 radical (unpaired) electrons. The van der Waals surface area contributed by atoms with Gasteiger partial charge in [0.2, 0.25) is 0 Å². The highest BCUT2D eigenvalue weighted by atomic mass is 19.2. The lowest BCUT2D eigenvalue weighted by molar-refractivity contribution is -0.144. The van der Waals surface area contributed by atoms with Crippen LogP contribution in [-0.2, 0) is 4.79 Å². The monoisotopic (exact) mass is 106 g/mol. The van der Waals surface area contributed by atoms with E-state index in [1.807, 2.05) is 0 Å². The van der Waals surface area contributed by atoms with Crippen LogP contribution < -0.4 is 0 Å². The van der Waals surface area contributed by atoms with E-state index in [2.05, 4.69) is 0 Å². The van der Waals surface area contributed by atoms with Crippen LogP contribution in [0.4, 0.5) is 4.39 Å². The summed E-state index contributed by atoms with van der Waals surface area (Å²) in [7, 11) is 0. The number of hydrogen-bond donors (Lipinski definition) is 1. The van der Waals surface area contributed by atoms with Crippen molar-refractivity contribution < 1.29 is 14.3 Å². The molecular weight excluding hydrogens is 99.0 g/mol. The van der Waals surface area contributed by atoms with Crippen LogP contribution in [0.3, 0.4) is 0 Å². The number of aliphatic hydroxyl groups is 1. The highest BCUT2D eigenvalue weighted by Crippen LogP contribution is 2.05. The lowest BCUT2D eigenvalue weighted by Crippen LogP contribution is -2.21. The average molecular weight is 106 g/mol. The lowest BCUT2D eigenvalue weighted by Gasteiger charge is -2.04. The molecular formula is C4H7FO2. The van der Waals surface area contributed by atoms with Crippen molar-refractivity contribution in [1.29, 1.82) is 0 Å². The molecule has 3 heteroatoms. The van der Waals surface area contributed by atoms with E-state index in [1.54, 1.807) is 0 Å². The van der Waals surface area contributed by atoms with Gasteiger partial charge in [-0.15, -0.1) is 0 Å². The summed E-state index contributed by atoms with van der Waals surface area (Å²) < 4.78 is 11.7. The Bertz CT molecular complexity index is 70.1. The summed E-state index contributed by atoms with van der Waals surface area (Å²) in [4.78, 5) is 9.43. The maximum absolute atomic E-state index is 11.7. The first-order valence-electron chi connectivity index (χ1n) is 2.00. The third kappa shape index (κ3) is 2.28. The highest BCUT2D eigenvalue weighted by Gasteiger charge is 2.20. The molecule has 1 atom stereocenters. The minimum atomic E-state index is -2.60. The van der Waals surface area contributed by atoms with Gasteiger partial charge in [0.15, 0.2) is 6.29 Å². The Morgan fingerprint density at radius 3 is 2.43 bits per heavy atom. The van der Waals surface area contributed by atoms with Crippen LogP contribution in [0.1, 0.15) is 13.3 Å². The van der Waals surface area contributed by atoms with Crippen LogP contribution in [0.25, 0.3) is 0 Å². The van der Waals surface area contributed by atoms with Crippen LogP contribution in [0.5, 0.6) is 0 Å². The van der Waals surface area contributed by atoms with E-state index in [0.717, 1.165) is 0 Å². The van der Waals surface area contributed by atoms with Gasteiger partial charge in [-0.2, -0.15) is 0 Å². The third-order valence-electron chi connectivity index (χ3n) is 0.676. The fourth-order valence-electron chi connectivity index (χ4n) is 0.0833. The zero-order valence-corrected chi connectivity index (χ0v) is 4.02. The fourth-order valence-corrected chi connectivity index (χ4v) is 0.0833. The topological polar surface area (TPSA) is 37.3 Å². The van der Waals surface area contributed by atoms with E-state index >= 15 is 0 Å². The Morgan fingerprint density at radius 2 is 2.43 bits per heavy atom. The lowest BCUT2D eigenvalue weighted by atomic mass is 10.3. The first-order chi connectivity index (χ1) is 3.12. The van der Waals surface area contributed by atoms with Crippen LogP contribution in [0.15, 0.2) is 0 Å². The molecule has 0 rings (SSSR count). The van der Waals surface area contributed by atoms with Gasteiger partial charge in [0.05, 0.1) is 0 Å². The summed E-state index contributed by atoms with van der Waals surface area (Å²) in [6, 6.07) is 0. The molecule has 1 unspecified atom stereocenters. The Balaban J connectivity index is 3.58. The van der Waals surface area contributed by atoms with Gasteiger partial charge >= 0.3 is 0 Å². The molecule has 2 nitrogen and oxygen atoms in total. The van der Waals surface area contributed by atoms with Crippen LogP contribution >= 0.6 is 0 Å². The van der Waals surface area contributed by atoms with E-state index in [1.165, 1.54) is 6.92 Å². The second-order valence-electron chi connectivity index (χ2n) is 1.29. The van der Waals surface area contributed by atoms with Gasteiger partial charge in [0, 0.05) is 6.42 Å². The van der Waals surface area contributed by atoms with Gasteiger partial charge in [-0.3, -0.25) is 4.79 Å². The Morgan fingerprint density at radius 1 is 2.00 bits per heavy atom. The van der Waals surface area contributed by atoms with Gasteiger partial charge in [-0.25, -0.2) is 4.39 Å². The molecule has 0 fully saturated rings. The van der Waals surface area contributed by atoms with E-state index in [0.29, 0.717) is 0 Å². The molecule has 0 saturated heterocycles. The van der Waals surface area contributed by atoms with Crippen molar-refractivity contribution in [1.82, 2.24) is 0 Å². The molecule has 1 N–H and O–H groups in total. The molecule has 0 aliphatic carbocycles. The van der Waals surface area contributed by atoms with Crippen molar-refractivity contribution in [3.8, 4) is 0 Å². The second kappa shape index (κ2) is 2.02. The summed E-state index contributed by atoms with van der Waals surface area (Å²) in [5.41, 5.74) is 0. The first-order valence-corrected chi connectivity index (χ1v) is 2.00. The zero-order chi connectivity index (χ0) is 5.91. The smallest absolute Gasteiger partial charge is 0.262 e. The number of halogens is 1. The molecule has 0 aromatic rings. The van der Waals surface area contributed by atoms with E-state index in [9.17, 15) is 9.18 Å². The van der Waals surface area contributed by atoms with E-state index < -0.39 is 5.85 Å². The maximum atomic E-state index is 11.7. The summed E-state index contributed by atoms with van der Waals surface area (Å²) >= 11 is 0. The molecule has 0 aliphatic heterocycles. The SMILES string of the molecule is CCC(O)(F)C=O. The van der Waals surface area contributed by atoms with Gasteiger partial charge in [0.1, 0.15) is 0 Å². The van der Waals surface area contributed by atoms with Gasteiger partial charge in [-0.05, 0) is 0 Å². The van der Waals surface area contributed by atoms with Gasteiger partial charge in [-0.1, -0.05) is 6.92 Å². The summed E-state index contributed by atoms with van der Waals surface area (Å²) in [6.45, 7) is 1.38. The van der Waals surface area contributed by atoms with Crippen molar-refractivity contribution in [2.45, 2.75) is 19.2 Å². The Hall–Kier alpha value is -0.440. The largest absolute Gasteiger partial charge is 0.356 e. The molecule has 0 spiro atoms. The van der Waals surface area contributed by atoms with Crippen LogP contribution in [0, 0.1) is 0 Å². The first kappa shape index (κ1) is 6.56. The molecule has 7 heavy (non-hydrogen) atoms.